The van der Waals surface area contributed by atoms with Gasteiger partial charge in [0, 0.05) is 0 Å². The van der Waals surface area contributed by atoms with Gasteiger partial charge in [-0.2, -0.15) is 0 Å². The van der Waals surface area contributed by atoms with Crippen molar-refractivity contribution in [3.63, 3.8) is 0 Å². The molecule has 4 heteroatoms. The summed E-state index contributed by atoms with van der Waals surface area (Å²) in [7, 11) is -2.12. The minimum Gasteiger partial charge on any atom is -0.338 e. The van der Waals surface area contributed by atoms with E-state index in [4.69, 9.17) is 9.79 Å². The first-order valence-corrected chi connectivity index (χ1v) is 5.51. The first-order valence-electron chi connectivity index (χ1n) is 4.19. The summed E-state index contributed by atoms with van der Waals surface area (Å²) in [5.41, 5.74) is 7.42. The van der Waals surface area contributed by atoms with Gasteiger partial charge in [-0.3, -0.25) is 5.50 Å². The second-order valence-electron chi connectivity index (χ2n) is 2.94. The molecule has 1 aliphatic carbocycles. The molecule has 0 amide bonds. The van der Waals surface area contributed by atoms with Crippen molar-refractivity contribution in [1.29, 1.82) is 0 Å². The Morgan fingerprint density at radius 3 is 1.85 bits per heavy atom. The molecule has 0 radical (unpaired) electrons. The van der Waals surface area contributed by atoms with E-state index in [0.717, 1.165) is 0 Å². The second kappa shape index (κ2) is 5.30. The van der Waals surface area contributed by atoms with Gasteiger partial charge in [-0.15, -0.1) is 0 Å². The Balaban J connectivity index is 0.000000184. The van der Waals surface area contributed by atoms with Crippen molar-refractivity contribution in [3.8, 4) is 0 Å². The van der Waals surface area contributed by atoms with Gasteiger partial charge in [0.25, 0.3) is 0 Å². The van der Waals surface area contributed by atoms with Gasteiger partial charge in [-0.25, -0.2) is 0 Å². The van der Waals surface area contributed by atoms with E-state index < -0.39 is 8.53 Å². The maximum Gasteiger partial charge on any atom is 0.247 e. The van der Waals surface area contributed by atoms with Crippen molar-refractivity contribution in [2.45, 2.75) is 19.3 Å². The molecule has 0 bridgehead atoms. The minimum atomic E-state index is -2.12. The molecule has 0 saturated carbocycles. The Labute approximate surface area is 79.2 Å². The fourth-order valence-corrected chi connectivity index (χ4v) is 1.51. The number of nitrogens with two attached hydrogens (primary N) is 1. The van der Waals surface area contributed by atoms with E-state index >= 15 is 0 Å². The number of hydrogen-bond donors (Lipinski definition) is 3. The third-order valence-corrected chi connectivity index (χ3v) is 2.01. The van der Waals surface area contributed by atoms with E-state index in [1.54, 1.807) is 11.1 Å². The number of fused-ring (bicyclic) bond motifs is 1. The van der Waals surface area contributed by atoms with Crippen molar-refractivity contribution in [2.75, 3.05) is 0 Å². The molecular formula is C9H14NO2P. The average molecular weight is 199 g/mol. The lowest BCUT2D eigenvalue weighted by molar-refractivity contribution is 0.485. The van der Waals surface area contributed by atoms with E-state index in [9.17, 15) is 0 Å². The van der Waals surface area contributed by atoms with E-state index in [1.807, 2.05) is 0 Å². The van der Waals surface area contributed by atoms with Gasteiger partial charge in [0.05, 0.1) is 0 Å². The summed E-state index contributed by atoms with van der Waals surface area (Å²) in [6.07, 6.45) is 3.96. The molecule has 2 rings (SSSR count). The Morgan fingerprint density at radius 1 is 1.08 bits per heavy atom. The van der Waals surface area contributed by atoms with Crippen LogP contribution < -0.4 is 5.50 Å². The average Bonchev–Trinajstić information content (AvgIpc) is 2.49. The van der Waals surface area contributed by atoms with Gasteiger partial charge < -0.3 is 9.79 Å². The topological polar surface area (TPSA) is 66.5 Å². The molecule has 1 aromatic carbocycles. The molecule has 0 spiro atoms. The maximum absolute atomic E-state index is 7.45. The number of hydrogen-bond acceptors (Lipinski definition) is 3. The van der Waals surface area contributed by atoms with Crippen LogP contribution in [0.4, 0.5) is 0 Å². The monoisotopic (exact) mass is 199 g/mol. The summed E-state index contributed by atoms with van der Waals surface area (Å²) < 4.78 is 0. The lowest BCUT2D eigenvalue weighted by atomic mass is 10.1. The molecule has 0 atom stereocenters. The predicted molar refractivity (Wildman–Crippen MR) is 54.0 cm³/mol. The highest BCUT2D eigenvalue weighted by molar-refractivity contribution is 7.42. The fourth-order valence-electron chi connectivity index (χ4n) is 1.51. The van der Waals surface area contributed by atoms with Crippen LogP contribution in [0.2, 0.25) is 0 Å². The molecule has 1 aliphatic rings. The van der Waals surface area contributed by atoms with Crippen molar-refractivity contribution >= 4 is 8.53 Å². The summed E-state index contributed by atoms with van der Waals surface area (Å²) in [5.74, 6) is 0. The first kappa shape index (κ1) is 10.6. The second-order valence-corrected chi connectivity index (χ2v) is 3.58. The van der Waals surface area contributed by atoms with Crippen molar-refractivity contribution in [2.24, 2.45) is 5.50 Å². The molecule has 13 heavy (non-hydrogen) atoms. The highest BCUT2D eigenvalue weighted by atomic mass is 31.2. The molecule has 0 fully saturated rings. The van der Waals surface area contributed by atoms with Gasteiger partial charge in [0.1, 0.15) is 0 Å². The Morgan fingerprint density at radius 2 is 1.46 bits per heavy atom. The Bertz CT molecular complexity index is 240. The van der Waals surface area contributed by atoms with Gasteiger partial charge in [-0.05, 0) is 30.4 Å². The molecule has 3 nitrogen and oxygen atoms in total. The van der Waals surface area contributed by atoms with Gasteiger partial charge in [-0.1, -0.05) is 24.3 Å². The highest BCUT2D eigenvalue weighted by Gasteiger charge is 2.07. The van der Waals surface area contributed by atoms with E-state index in [1.165, 1.54) is 19.3 Å². The largest absolute Gasteiger partial charge is 0.338 e. The predicted octanol–water partition coefficient (Wildman–Crippen LogP) is 1.33. The van der Waals surface area contributed by atoms with Crippen LogP contribution in [0.5, 0.6) is 0 Å². The number of aryl methyl sites for hydroxylation is 2. The van der Waals surface area contributed by atoms with E-state index in [2.05, 4.69) is 29.8 Å². The molecule has 0 aromatic heterocycles. The fraction of sp³-hybridized carbons (Fsp3) is 0.333. The summed E-state index contributed by atoms with van der Waals surface area (Å²) >= 11 is 0. The molecule has 0 heterocycles. The molecule has 1 aromatic rings. The van der Waals surface area contributed by atoms with Crippen molar-refractivity contribution in [3.05, 3.63) is 35.4 Å². The SMILES string of the molecule is NP(O)O.c1ccc2c(c1)CCC2. The zero-order valence-corrected chi connectivity index (χ0v) is 8.24. The van der Waals surface area contributed by atoms with Crippen LogP contribution in [0.25, 0.3) is 0 Å². The standard InChI is InChI=1S/C9H10.H4NO2P/c1-2-5-9-7-3-6-8(9)4-1;1-4(2)3/h1-2,4-5H,3,6-7H2;2-3H,1H2. The van der Waals surface area contributed by atoms with Crippen molar-refractivity contribution < 1.29 is 9.79 Å². The molecule has 0 saturated heterocycles. The van der Waals surface area contributed by atoms with Crippen LogP contribution in [-0.2, 0) is 12.8 Å². The molecule has 72 valence electrons. The Hall–Kier alpha value is -0.470. The summed E-state index contributed by atoms with van der Waals surface area (Å²) in [5, 5.41) is 0. The molecule has 0 unspecified atom stereocenters. The molecular weight excluding hydrogens is 185 g/mol. The molecule has 4 N–H and O–H groups in total. The van der Waals surface area contributed by atoms with E-state index in [0.29, 0.717) is 0 Å². The zero-order chi connectivity index (χ0) is 9.68. The van der Waals surface area contributed by atoms with Crippen molar-refractivity contribution in [1.82, 2.24) is 0 Å². The first-order chi connectivity index (χ1) is 6.20. The van der Waals surface area contributed by atoms with Gasteiger partial charge >= 0.3 is 0 Å². The quantitative estimate of drug-likeness (QED) is 0.552. The van der Waals surface area contributed by atoms with Gasteiger partial charge in [0.2, 0.25) is 8.53 Å². The normalized spacial score (nSPS) is 13.5. The summed E-state index contributed by atoms with van der Waals surface area (Å²) in [6, 6.07) is 8.74. The van der Waals surface area contributed by atoms with E-state index in [-0.39, 0.29) is 0 Å². The zero-order valence-electron chi connectivity index (χ0n) is 7.35. The number of benzene rings is 1. The van der Waals surface area contributed by atoms with Crippen LogP contribution in [0.1, 0.15) is 17.5 Å². The van der Waals surface area contributed by atoms with Crippen LogP contribution in [0.15, 0.2) is 24.3 Å². The minimum absolute atomic E-state index is 1.30. The smallest absolute Gasteiger partial charge is 0.247 e. The van der Waals surface area contributed by atoms with Crippen LogP contribution in [0, 0.1) is 0 Å². The summed E-state index contributed by atoms with van der Waals surface area (Å²) in [6.45, 7) is 0. The van der Waals surface area contributed by atoms with Crippen LogP contribution >= 0.6 is 8.53 Å². The summed E-state index contributed by atoms with van der Waals surface area (Å²) in [4.78, 5) is 14.9. The van der Waals surface area contributed by atoms with Crippen LogP contribution in [0.3, 0.4) is 0 Å². The number of rotatable bonds is 0. The third kappa shape index (κ3) is 3.83. The highest BCUT2D eigenvalue weighted by Crippen LogP contribution is 2.20. The molecule has 0 aliphatic heterocycles. The van der Waals surface area contributed by atoms with Crippen LogP contribution in [-0.4, -0.2) is 9.79 Å². The maximum atomic E-state index is 7.45. The Kier molecular flexibility index (Phi) is 4.33. The third-order valence-electron chi connectivity index (χ3n) is 2.01. The lowest BCUT2D eigenvalue weighted by Crippen LogP contribution is -1.78. The lowest BCUT2D eigenvalue weighted by Gasteiger charge is -1.93. The van der Waals surface area contributed by atoms with Gasteiger partial charge in [0.15, 0.2) is 0 Å².